The van der Waals surface area contributed by atoms with E-state index in [1.54, 1.807) is 12.1 Å². The van der Waals surface area contributed by atoms with Crippen molar-refractivity contribution >= 4 is 11.8 Å². The van der Waals surface area contributed by atoms with Gasteiger partial charge in [0.2, 0.25) is 0 Å². The number of carbonyl (C=O) groups is 2. The van der Waals surface area contributed by atoms with Crippen molar-refractivity contribution in [3.63, 3.8) is 0 Å². The molecule has 5 aliphatic rings. The van der Waals surface area contributed by atoms with Gasteiger partial charge in [-0.3, -0.25) is 14.5 Å². The number of Topliss-reactive ketones (excluding diaryl/α,β-unsaturated/α-hetero) is 1. The van der Waals surface area contributed by atoms with Crippen LogP contribution in [0.4, 0.5) is 4.39 Å². The zero-order valence-corrected chi connectivity index (χ0v) is 18.2. The Bertz CT molecular complexity index is 833. The Hall–Kier alpha value is -1.79. The van der Waals surface area contributed by atoms with Crippen LogP contribution in [0.5, 0.6) is 0 Å². The van der Waals surface area contributed by atoms with Crippen LogP contribution in [-0.2, 0) is 4.79 Å². The molecule has 0 spiro atoms. The van der Waals surface area contributed by atoms with Crippen molar-refractivity contribution in [2.45, 2.75) is 56.9 Å². The Labute approximate surface area is 183 Å². The third-order valence-electron chi connectivity index (χ3n) is 8.57. The van der Waals surface area contributed by atoms with E-state index in [0.717, 1.165) is 58.4 Å². The highest BCUT2D eigenvalue weighted by molar-refractivity contribution is 5.95. The number of piperazine rings is 1. The lowest BCUT2D eigenvalue weighted by atomic mass is 9.46. The predicted molar refractivity (Wildman–Crippen MR) is 115 cm³/mol. The van der Waals surface area contributed by atoms with Crippen molar-refractivity contribution in [3.05, 3.63) is 35.6 Å². The summed E-state index contributed by atoms with van der Waals surface area (Å²) in [7, 11) is 0. The summed E-state index contributed by atoms with van der Waals surface area (Å²) >= 11 is 0. The fourth-order valence-electron chi connectivity index (χ4n) is 7.52. The van der Waals surface area contributed by atoms with Gasteiger partial charge in [-0.05, 0) is 87.6 Å². The Kier molecular flexibility index (Phi) is 5.41. The first kappa shape index (κ1) is 21.1. The van der Waals surface area contributed by atoms with Gasteiger partial charge in [-0.1, -0.05) is 0 Å². The summed E-state index contributed by atoms with van der Waals surface area (Å²) in [6.07, 6.45) is 7.53. The van der Waals surface area contributed by atoms with Gasteiger partial charge in [0.05, 0.1) is 5.41 Å². The van der Waals surface area contributed by atoms with Crippen LogP contribution in [0, 0.1) is 23.1 Å². The minimum absolute atomic E-state index is 0.0752. The lowest BCUT2D eigenvalue weighted by Crippen LogP contribution is -2.67. The zero-order valence-electron chi connectivity index (χ0n) is 18.2. The lowest BCUT2D eigenvalue weighted by molar-refractivity contribution is -0.181. The van der Waals surface area contributed by atoms with Crippen LogP contribution < -0.4 is 0 Å². The topological polar surface area (TPSA) is 60.9 Å². The summed E-state index contributed by atoms with van der Waals surface area (Å²) in [4.78, 5) is 29.5. The van der Waals surface area contributed by atoms with E-state index in [9.17, 15) is 19.1 Å². The molecule has 1 N–H and O–H groups in total. The number of hydrogen-bond acceptors (Lipinski definition) is 4. The van der Waals surface area contributed by atoms with Gasteiger partial charge in [-0.2, -0.15) is 0 Å². The van der Waals surface area contributed by atoms with Gasteiger partial charge in [0.15, 0.2) is 5.78 Å². The molecule has 0 amide bonds. The van der Waals surface area contributed by atoms with E-state index in [1.807, 2.05) is 0 Å². The molecule has 4 aliphatic carbocycles. The largest absolute Gasteiger partial charge is 0.481 e. The Morgan fingerprint density at radius 3 is 2.26 bits per heavy atom. The number of hydrogen-bond donors (Lipinski definition) is 1. The maximum Gasteiger partial charge on any atom is 0.309 e. The van der Waals surface area contributed by atoms with E-state index in [0.29, 0.717) is 23.8 Å². The summed E-state index contributed by atoms with van der Waals surface area (Å²) < 4.78 is 13.0. The third-order valence-corrected chi connectivity index (χ3v) is 8.57. The fraction of sp³-hybridized carbons (Fsp3) is 0.680. The number of carbonyl (C=O) groups excluding carboxylic acids is 1. The number of halogens is 1. The summed E-state index contributed by atoms with van der Waals surface area (Å²) in [5.41, 5.74) is 0.218. The normalized spacial score (nSPS) is 35.4. The third kappa shape index (κ3) is 3.93. The van der Waals surface area contributed by atoms with Gasteiger partial charge < -0.3 is 10.0 Å². The van der Waals surface area contributed by atoms with Gasteiger partial charge in [0.25, 0.3) is 0 Å². The summed E-state index contributed by atoms with van der Waals surface area (Å²) in [6.45, 7) is 4.88. The van der Waals surface area contributed by atoms with Gasteiger partial charge >= 0.3 is 5.97 Å². The SMILES string of the molecule is O=C(CCCN1CCN(C23CC4CC(CC(C(=O)O)(C4)C2)C3)CC1)c1ccc(F)cc1. The Morgan fingerprint density at radius 1 is 1.00 bits per heavy atom. The molecule has 168 valence electrons. The second-order valence-electron chi connectivity index (χ2n) is 10.6. The van der Waals surface area contributed by atoms with Crippen molar-refractivity contribution in [1.82, 2.24) is 9.80 Å². The zero-order chi connectivity index (χ0) is 21.6. The first-order valence-corrected chi connectivity index (χ1v) is 11.9. The molecule has 6 rings (SSSR count). The maximum absolute atomic E-state index is 13.0. The van der Waals surface area contributed by atoms with Crippen LogP contribution in [0.1, 0.15) is 61.7 Å². The van der Waals surface area contributed by atoms with Crippen molar-refractivity contribution < 1.29 is 19.1 Å². The molecule has 5 nitrogen and oxygen atoms in total. The average Bonchev–Trinajstić information content (AvgIpc) is 2.73. The van der Waals surface area contributed by atoms with E-state index < -0.39 is 11.4 Å². The molecule has 4 bridgehead atoms. The Morgan fingerprint density at radius 2 is 1.65 bits per heavy atom. The van der Waals surface area contributed by atoms with Crippen LogP contribution in [0.3, 0.4) is 0 Å². The highest BCUT2D eigenvalue weighted by Crippen LogP contribution is 2.63. The predicted octanol–water partition coefficient (Wildman–Crippen LogP) is 3.83. The van der Waals surface area contributed by atoms with Crippen LogP contribution >= 0.6 is 0 Å². The van der Waals surface area contributed by atoms with E-state index in [2.05, 4.69) is 9.80 Å². The highest BCUT2D eigenvalue weighted by atomic mass is 19.1. The standard InChI is InChI=1S/C25H33FN2O3/c26-21-5-3-20(4-6-21)22(29)2-1-7-27-8-10-28(11-9-27)25-15-18-12-19(16-25)14-24(13-18,17-25)23(30)31/h3-6,18-19H,1-2,7-17H2,(H,30,31). The van der Waals surface area contributed by atoms with E-state index >= 15 is 0 Å². The molecule has 0 aromatic heterocycles. The van der Waals surface area contributed by atoms with Gasteiger partial charge in [-0.25, -0.2) is 4.39 Å². The second-order valence-corrected chi connectivity index (χ2v) is 10.6. The summed E-state index contributed by atoms with van der Waals surface area (Å²) in [5.74, 6) is 0.380. The van der Waals surface area contributed by atoms with E-state index in [1.165, 1.54) is 31.4 Å². The van der Waals surface area contributed by atoms with Crippen molar-refractivity contribution in [2.75, 3.05) is 32.7 Å². The first-order valence-electron chi connectivity index (χ1n) is 11.9. The molecule has 6 heteroatoms. The quantitative estimate of drug-likeness (QED) is 0.669. The lowest BCUT2D eigenvalue weighted by Gasteiger charge is -2.64. The van der Waals surface area contributed by atoms with Gasteiger partial charge in [0, 0.05) is 43.7 Å². The molecule has 5 fully saturated rings. The average molecular weight is 429 g/mol. The maximum atomic E-state index is 13.0. The highest BCUT2D eigenvalue weighted by Gasteiger charge is 2.62. The van der Waals surface area contributed by atoms with Crippen molar-refractivity contribution in [1.29, 1.82) is 0 Å². The smallest absolute Gasteiger partial charge is 0.309 e. The molecule has 31 heavy (non-hydrogen) atoms. The summed E-state index contributed by atoms with van der Waals surface area (Å²) in [5, 5.41) is 10.00. The summed E-state index contributed by atoms with van der Waals surface area (Å²) in [6, 6.07) is 5.80. The molecule has 2 unspecified atom stereocenters. The number of benzene rings is 1. The minimum atomic E-state index is -0.560. The number of carboxylic acids is 1. The number of rotatable bonds is 7. The fourth-order valence-corrected chi connectivity index (χ4v) is 7.52. The van der Waals surface area contributed by atoms with E-state index in [-0.39, 0.29) is 17.1 Å². The number of ketones is 1. The monoisotopic (exact) mass is 428 g/mol. The molecule has 1 aromatic carbocycles. The number of carboxylic acid groups (broad SMARTS) is 1. The molecular weight excluding hydrogens is 395 g/mol. The van der Waals surface area contributed by atoms with Crippen LogP contribution in [-0.4, -0.2) is 64.9 Å². The van der Waals surface area contributed by atoms with Crippen LogP contribution in [0.2, 0.25) is 0 Å². The van der Waals surface area contributed by atoms with Gasteiger partial charge in [0.1, 0.15) is 5.82 Å². The molecule has 1 aliphatic heterocycles. The number of nitrogens with zero attached hydrogens (tertiary/aromatic N) is 2. The molecule has 4 saturated carbocycles. The molecule has 1 aromatic rings. The number of aliphatic carboxylic acids is 1. The van der Waals surface area contributed by atoms with Crippen LogP contribution in [0.15, 0.2) is 24.3 Å². The molecular formula is C25H33FN2O3. The first-order chi connectivity index (χ1) is 14.9. The molecule has 2 atom stereocenters. The Balaban J connectivity index is 1.13. The van der Waals surface area contributed by atoms with E-state index in [4.69, 9.17) is 0 Å². The van der Waals surface area contributed by atoms with Crippen LogP contribution in [0.25, 0.3) is 0 Å². The molecule has 1 saturated heterocycles. The second kappa shape index (κ2) is 7.96. The minimum Gasteiger partial charge on any atom is -0.481 e. The van der Waals surface area contributed by atoms with Crippen molar-refractivity contribution in [3.8, 4) is 0 Å². The van der Waals surface area contributed by atoms with Gasteiger partial charge in [-0.15, -0.1) is 0 Å². The molecule has 0 radical (unpaired) electrons. The van der Waals surface area contributed by atoms with Crippen molar-refractivity contribution in [2.24, 2.45) is 17.3 Å². The molecule has 1 heterocycles.